The van der Waals surface area contributed by atoms with Gasteiger partial charge in [-0.1, -0.05) is 26.8 Å². The van der Waals surface area contributed by atoms with E-state index >= 15 is 0 Å². The molecule has 7 atom stereocenters. The van der Waals surface area contributed by atoms with Crippen molar-refractivity contribution in [3.8, 4) is 0 Å². The van der Waals surface area contributed by atoms with E-state index < -0.39 is 18.0 Å². The number of hydrogen-bond acceptors (Lipinski definition) is 5. The Kier molecular flexibility index (Phi) is 3.81. The van der Waals surface area contributed by atoms with Gasteiger partial charge in [0.1, 0.15) is 12.4 Å². The largest absolute Gasteiger partial charge is 0.362 e. The van der Waals surface area contributed by atoms with E-state index in [9.17, 15) is 14.7 Å². The fourth-order valence-corrected chi connectivity index (χ4v) is 5.96. The van der Waals surface area contributed by atoms with Crippen LogP contribution in [0.1, 0.15) is 52.9 Å². The maximum absolute atomic E-state index is 12.2. The van der Waals surface area contributed by atoms with Crippen LogP contribution in [-0.4, -0.2) is 41.8 Å². The highest BCUT2D eigenvalue weighted by Crippen LogP contribution is 2.62. The number of epoxide rings is 1. The topological polar surface area (TPSA) is 76.1 Å². The second-order valence-electron chi connectivity index (χ2n) is 8.99. The van der Waals surface area contributed by atoms with Crippen LogP contribution >= 0.6 is 0 Å². The van der Waals surface area contributed by atoms with E-state index in [2.05, 4.69) is 26.8 Å². The maximum Gasteiger partial charge on any atom is 0.225 e. The number of hydrogen-bond donors (Lipinski definition) is 1. The number of fused-ring (bicyclic) bond motifs is 1. The van der Waals surface area contributed by atoms with Crippen molar-refractivity contribution in [2.45, 2.75) is 70.9 Å². The fraction of sp³-hybridized carbons (Fsp3) is 0.800. The SMILES string of the molecule is C[C@@H]1CC[C@]2(C)C(C=O)=CCC[C@H]2[C@]1(C)CC1O[C@H](O)C(=O)[C@]12CO2. The molecule has 1 N–H and O–H groups in total. The van der Waals surface area contributed by atoms with E-state index in [1.54, 1.807) is 0 Å². The molecule has 0 amide bonds. The lowest BCUT2D eigenvalue weighted by Gasteiger charge is -2.58. The van der Waals surface area contributed by atoms with Crippen LogP contribution in [0.4, 0.5) is 0 Å². The van der Waals surface area contributed by atoms with Crippen molar-refractivity contribution in [3.63, 3.8) is 0 Å². The van der Waals surface area contributed by atoms with Crippen LogP contribution in [0.25, 0.3) is 0 Å². The third-order valence-corrected chi connectivity index (χ3v) is 7.93. The molecule has 1 unspecified atom stereocenters. The van der Waals surface area contributed by atoms with Gasteiger partial charge in [0.05, 0.1) is 6.61 Å². The zero-order valence-corrected chi connectivity index (χ0v) is 15.3. The molecule has 2 heterocycles. The number of carbonyl (C=O) groups excluding carboxylic acids is 2. The highest BCUT2D eigenvalue weighted by Gasteiger charge is 2.68. The van der Waals surface area contributed by atoms with Crippen molar-refractivity contribution in [3.05, 3.63) is 11.6 Å². The normalized spacial score (nSPS) is 52.0. The molecule has 4 aliphatic rings. The van der Waals surface area contributed by atoms with Crippen LogP contribution in [-0.2, 0) is 19.1 Å². The molecule has 0 radical (unpaired) electrons. The Hall–Kier alpha value is -1.04. The summed E-state index contributed by atoms with van der Waals surface area (Å²) in [6.07, 6.45) is 6.10. The van der Waals surface area contributed by atoms with Crippen molar-refractivity contribution < 1.29 is 24.2 Å². The Morgan fingerprint density at radius 2 is 2.08 bits per heavy atom. The molecule has 0 aromatic rings. The lowest BCUT2D eigenvalue weighted by Crippen LogP contribution is -2.52. The molecule has 1 saturated carbocycles. The Morgan fingerprint density at radius 3 is 2.72 bits per heavy atom. The summed E-state index contributed by atoms with van der Waals surface area (Å²) in [5.41, 5.74) is -0.167. The number of allylic oxidation sites excluding steroid dienone is 2. The van der Waals surface area contributed by atoms with Gasteiger partial charge in [-0.3, -0.25) is 9.59 Å². The lowest BCUT2D eigenvalue weighted by atomic mass is 9.46. The number of rotatable bonds is 3. The number of aldehydes is 1. The summed E-state index contributed by atoms with van der Waals surface area (Å²) in [6, 6.07) is 0. The third-order valence-electron chi connectivity index (χ3n) is 7.93. The molecule has 25 heavy (non-hydrogen) atoms. The Labute approximate surface area is 148 Å². The number of aliphatic hydroxyl groups is 1. The summed E-state index contributed by atoms with van der Waals surface area (Å²) in [4.78, 5) is 23.9. The molecular weight excluding hydrogens is 320 g/mol. The van der Waals surface area contributed by atoms with Crippen LogP contribution in [0.15, 0.2) is 11.6 Å². The molecular formula is C20H28O5. The molecule has 0 bridgehead atoms. The maximum atomic E-state index is 12.2. The van der Waals surface area contributed by atoms with Crippen molar-refractivity contribution >= 4 is 12.1 Å². The minimum atomic E-state index is -1.36. The average molecular weight is 348 g/mol. The van der Waals surface area contributed by atoms with E-state index in [4.69, 9.17) is 9.47 Å². The fourth-order valence-electron chi connectivity index (χ4n) is 5.96. The number of ketones is 1. The van der Waals surface area contributed by atoms with E-state index in [-0.39, 0.29) is 16.6 Å². The highest BCUT2D eigenvalue weighted by atomic mass is 16.7. The van der Waals surface area contributed by atoms with Crippen LogP contribution in [0, 0.1) is 22.7 Å². The molecule has 4 rings (SSSR count). The summed E-state index contributed by atoms with van der Waals surface area (Å²) in [7, 11) is 0. The zero-order chi connectivity index (χ0) is 18.0. The monoisotopic (exact) mass is 348 g/mol. The number of Topliss-reactive ketones (excluding diaryl/α,β-unsaturated/α-hetero) is 1. The van der Waals surface area contributed by atoms with Gasteiger partial charge < -0.3 is 14.6 Å². The smallest absolute Gasteiger partial charge is 0.225 e. The van der Waals surface area contributed by atoms with Crippen LogP contribution in [0.5, 0.6) is 0 Å². The molecule has 2 saturated heterocycles. The molecule has 0 aromatic heterocycles. The van der Waals surface area contributed by atoms with E-state index in [1.165, 1.54) is 0 Å². The van der Waals surface area contributed by atoms with Gasteiger partial charge in [-0.05, 0) is 60.3 Å². The molecule has 3 fully saturated rings. The quantitative estimate of drug-likeness (QED) is 0.626. The minimum Gasteiger partial charge on any atom is -0.362 e. The van der Waals surface area contributed by atoms with Gasteiger partial charge >= 0.3 is 0 Å². The summed E-state index contributed by atoms with van der Waals surface area (Å²) in [5, 5.41) is 9.88. The van der Waals surface area contributed by atoms with Gasteiger partial charge in [-0.2, -0.15) is 0 Å². The van der Waals surface area contributed by atoms with Crippen LogP contribution < -0.4 is 0 Å². The van der Waals surface area contributed by atoms with E-state index in [1.807, 2.05) is 0 Å². The first-order chi connectivity index (χ1) is 11.8. The molecule has 2 aliphatic heterocycles. The van der Waals surface area contributed by atoms with E-state index in [0.29, 0.717) is 24.9 Å². The molecule has 138 valence electrons. The predicted octanol–water partition coefficient (Wildman–Crippen LogP) is 2.41. The molecule has 1 spiro atoms. The summed E-state index contributed by atoms with van der Waals surface area (Å²) >= 11 is 0. The van der Waals surface area contributed by atoms with Gasteiger partial charge in [0.2, 0.25) is 12.1 Å². The number of aliphatic hydroxyl groups excluding tert-OH is 1. The Balaban J connectivity index is 1.66. The Bertz CT molecular complexity index is 636. The van der Waals surface area contributed by atoms with Crippen LogP contribution in [0.3, 0.4) is 0 Å². The lowest BCUT2D eigenvalue weighted by molar-refractivity contribution is -0.148. The number of ether oxygens (including phenoxy) is 2. The van der Waals surface area contributed by atoms with Gasteiger partial charge in [-0.15, -0.1) is 0 Å². The predicted molar refractivity (Wildman–Crippen MR) is 90.7 cm³/mol. The third kappa shape index (κ3) is 2.25. The van der Waals surface area contributed by atoms with Crippen LogP contribution in [0.2, 0.25) is 0 Å². The number of carbonyl (C=O) groups is 2. The Morgan fingerprint density at radius 1 is 1.36 bits per heavy atom. The molecule has 0 aromatic carbocycles. The average Bonchev–Trinajstić information content (AvgIpc) is 3.35. The first kappa shape index (κ1) is 17.4. The molecule has 5 nitrogen and oxygen atoms in total. The minimum absolute atomic E-state index is 0.0660. The summed E-state index contributed by atoms with van der Waals surface area (Å²) < 4.78 is 11.1. The van der Waals surface area contributed by atoms with E-state index in [0.717, 1.165) is 37.5 Å². The van der Waals surface area contributed by atoms with Crippen molar-refractivity contribution in [2.75, 3.05) is 6.61 Å². The van der Waals surface area contributed by atoms with Gasteiger partial charge in [0.15, 0.2) is 5.60 Å². The zero-order valence-electron chi connectivity index (χ0n) is 15.3. The van der Waals surface area contributed by atoms with Gasteiger partial charge in [0, 0.05) is 0 Å². The van der Waals surface area contributed by atoms with Crippen molar-refractivity contribution in [1.29, 1.82) is 0 Å². The van der Waals surface area contributed by atoms with Gasteiger partial charge in [0.25, 0.3) is 0 Å². The highest BCUT2D eigenvalue weighted by molar-refractivity contribution is 5.94. The van der Waals surface area contributed by atoms with Gasteiger partial charge in [-0.25, -0.2) is 0 Å². The first-order valence-electron chi connectivity index (χ1n) is 9.45. The standard InChI is InChI=1S/C20H28O5/c1-12-7-8-18(2)13(10-21)5-4-6-14(18)19(12,3)9-15-20(11-24-20)16(22)17(23)25-15/h5,10,12,14-15,17,23H,4,6-9,11H2,1-3H3/t12-,14-,15?,17+,18-,19-,20+/m1/s1. The second-order valence-corrected chi connectivity index (χ2v) is 8.99. The van der Waals surface area contributed by atoms with Crippen molar-refractivity contribution in [1.82, 2.24) is 0 Å². The van der Waals surface area contributed by atoms with Crippen molar-refractivity contribution in [2.24, 2.45) is 22.7 Å². The molecule has 2 aliphatic carbocycles. The molecule has 5 heteroatoms. The second kappa shape index (κ2) is 5.48. The summed E-state index contributed by atoms with van der Waals surface area (Å²) in [5.74, 6) is 0.495. The summed E-state index contributed by atoms with van der Waals surface area (Å²) in [6.45, 7) is 7.12. The first-order valence-corrected chi connectivity index (χ1v) is 9.45.